The molecule has 104 valence electrons. The first kappa shape index (κ1) is 16.9. The molecule has 4 heteroatoms. The highest BCUT2D eigenvalue weighted by atomic mass is 16.3. The highest BCUT2D eigenvalue weighted by molar-refractivity contribution is 5.82. The van der Waals surface area contributed by atoms with E-state index in [1.807, 2.05) is 26.8 Å². The lowest BCUT2D eigenvalue weighted by Crippen LogP contribution is -2.50. The van der Waals surface area contributed by atoms with Crippen molar-refractivity contribution in [3.05, 3.63) is 24.3 Å². The average molecular weight is 254 g/mol. The van der Waals surface area contributed by atoms with Crippen molar-refractivity contribution in [2.24, 2.45) is 0 Å². The minimum absolute atomic E-state index is 0.145. The quantitative estimate of drug-likeness (QED) is 0.573. The zero-order chi connectivity index (χ0) is 14.1. The van der Waals surface area contributed by atoms with Gasteiger partial charge >= 0.3 is 0 Å². The number of nitrogens with one attached hydrogen (secondary N) is 2. The number of amides is 1. The largest absolute Gasteiger partial charge is 0.382 e. The van der Waals surface area contributed by atoms with Crippen LogP contribution in [0.25, 0.3) is 0 Å². The fourth-order valence-electron chi connectivity index (χ4n) is 1.88. The van der Waals surface area contributed by atoms with Crippen molar-refractivity contribution < 1.29 is 9.90 Å². The number of aliphatic hydroxyl groups is 1. The Morgan fingerprint density at radius 2 is 2.11 bits per heavy atom. The lowest BCUT2D eigenvalue weighted by Gasteiger charge is -2.23. The Kier molecular flexibility index (Phi) is 8.33. The molecule has 0 aliphatic heterocycles. The van der Waals surface area contributed by atoms with Crippen molar-refractivity contribution in [2.75, 3.05) is 7.05 Å². The van der Waals surface area contributed by atoms with Gasteiger partial charge in [-0.15, -0.1) is 0 Å². The molecule has 1 amide bonds. The Labute approximate surface area is 110 Å². The van der Waals surface area contributed by atoms with Crippen molar-refractivity contribution in [1.29, 1.82) is 0 Å². The van der Waals surface area contributed by atoms with Crippen molar-refractivity contribution >= 4 is 5.91 Å². The number of carbonyl (C=O) groups is 1. The van der Waals surface area contributed by atoms with E-state index in [9.17, 15) is 9.90 Å². The molecule has 0 heterocycles. The second-order valence-corrected chi connectivity index (χ2v) is 4.35. The van der Waals surface area contributed by atoms with Gasteiger partial charge in [-0.05, 0) is 32.9 Å². The normalized spacial score (nSPS) is 16.8. The first-order chi connectivity index (χ1) is 8.51. The van der Waals surface area contributed by atoms with Gasteiger partial charge in [-0.1, -0.05) is 32.1 Å². The van der Waals surface area contributed by atoms with Crippen LogP contribution in [0, 0.1) is 0 Å². The molecule has 0 aromatic heterocycles. The first-order valence-electron chi connectivity index (χ1n) is 6.46. The number of hydrogen-bond acceptors (Lipinski definition) is 3. The summed E-state index contributed by atoms with van der Waals surface area (Å²) < 4.78 is 0. The molecule has 0 aromatic rings. The molecule has 0 aliphatic rings. The van der Waals surface area contributed by atoms with Gasteiger partial charge < -0.3 is 15.7 Å². The fraction of sp³-hybridized carbons (Fsp3) is 0.643. The molecule has 0 radical (unpaired) electrons. The van der Waals surface area contributed by atoms with Crippen LogP contribution in [0.4, 0.5) is 0 Å². The number of carbonyl (C=O) groups excluding carboxylic acids is 1. The van der Waals surface area contributed by atoms with E-state index in [1.54, 1.807) is 13.1 Å². The topological polar surface area (TPSA) is 61.4 Å². The van der Waals surface area contributed by atoms with Crippen LogP contribution in [0.2, 0.25) is 0 Å². The van der Waals surface area contributed by atoms with Crippen molar-refractivity contribution in [3.8, 4) is 0 Å². The molecular weight excluding hydrogens is 228 g/mol. The molecule has 0 saturated heterocycles. The monoisotopic (exact) mass is 254 g/mol. The third kappa shape index (κ3) is 5.02. The highest BCUT2D eigenvalue weighted by Crippen LogP contribution is 2.06. The summed E-state index contributed by atoms with van der Waals surface area (Å²) in [7, 11) is 1.75. The predicted octanol–water partition coefficient (Wildman–Crippen LogP) is 1.37. The Morgan fingerprint density at radius 3 is 2.50 bits per heavy atom. The third-order valence-electron chi connectivity index (χ3n) is 3.05. The lowest BCUT2D eigenvalue weighted by atomic mass is 10.0. The van der Waals surface area contributed by atoms with E-state index in [2.05, 4.69) is 17.2 Å². The number of allylic oxidation sites excluding steroid dienone is 1. The number of hydrogen-bond donors (Lipinski definition) is 3. The number of likely N-dealkylation sites (N-methyl/N-ethyl adjacent to an activating group) is 1. The van der Waals surface area contributed by atoms with Crippen LogP contribution in [0.1, 0.15) is 33.6 Å². The minimum Gasteiger partial charge on any atom is -0.382 e. The van der Waals surface area contributed by atoms with Crippen LogP contribution in [0.5, 0.6) is 0 Å². The maximum atomic E-state index is 11.9. The Balaban J connectivity index is 4.51. The van der Waals surface area contributed by atoms with E-state index < -0.39 is 6.10 Å². The molecule has 0 saturated carbocycles. The zero-order valence-corrected chi connectivity index (χ0v) is 11.9. The second kappa shape index (κ2) is 8.89. The Morgan fingerprint density at radius 1 is 1.50 bits per heavy atom. The summed E-state index contributed by atoms with van der Waals surface area (Å²) in [4.78, 5) is 11.9. The molecule has 4 nitrogen and oxygen atoms in total. The average Bonchev–Trinajstić information content (AvgIpc) is 2.36. The first-order valence-corrected chi connectivity index (χ1v) is 6.46. The molecule has 0 rings (SSSR count). The summed E-state index contributed by atoms with van der Waals surface area (Å²) >= 11 is 0. The lowest BCUT2D eigenvalue weighted by molar-refractivity contribution is -0.131. The van der Waals surface area contributed by atoms with E-state index in [0.29, 0.717) is 0 Å². The van der Waals surface area contributed by atoms with Gasteiger partial charge in [0.05, 0.1) is 6.04 Å². The molecule has 18 heavy (non-hydrogen) atoms. The Hall–Kier alpha value is -1.13. The summed E-state index contributed by atoms with van der Waals surface area (Å²) in [5, 5.41) is 15.7. The van der Waals surface area contributed by atoms with Gasteiger partial charge in [-0.2, -0.15) is 0 Å². The van der Waals surface area contributed by atoms with Crippen LogP contribution in [-0.4, -0.2) is 36.2 Å². The summed E-state index contributed by atoms with van der Waals surface area (Å²) in [6.07, 6.45) is 4.25. The van der Waals surface area contributed by atoms with Crippen molar-refractivity contribution in [2.45, 2.75) is 51.8 Å². The molecule has 0 fully saturated rings. The minimum atomic E-state index is -1.03. The zero-order valence-electron chi connectivity index (χ0n) is 11.9. The summed E-state index contributed by atoms with van der Waals surface area (Å²) in [6.45, 7) is 9.48. The van der Waals surface area contributed by atoms with E-state index >= 15 is 0 Å². The molecule has 0 aromatic carbocycles. The van der Waals surface area contributed by atoms with Gasteiger partial charge in [-0.3, -0.25) is 4.79 Å². The summed E-state index contributed by atoms with van der Waals surface area (Å²) in [5.41, 5.74) is 0.937. The molecule has 3 atom stereocenters. The smallest absolute Gasteiger partial charge is 0.250 e. The molecule has 3 unspecified atom stereocenters. The van der Waals surface area contributed by atoms with Crippen molar-refractivity contribution in [3.63, 3.8) is 0 Å². The van der Waals surface area contributed by atoms with Gasteiger partial charge in [0.15, 0.2) is 0 Å². The van der Waals surface area contributed by atoms with E-state index in [-0.39, 0.29) is 18.0 Å². The van der Waals surface area contributed by atoms with Gasteiger partial charge in [-0.25, -0.2) is 0 Å². The second-order valence-electron chi connectivity index (χ2n) is 4.35. The molecular formula is C14H26N2O2. The summed E-state index contributed by atoms with van der Waals surface area (Å²) in [5.74, 6) is -0.350. The van der Waals surface area contributed by atoms with E-state index in [4.69, 9.17) is 0 Å². The van der Waals surface area contributed by atoms with Crippen LogP contribution in [0.3, 0.4) is 0 Å². The van der Waals surface area contributed by atoms with E-state index in [1.165, 1.54) is 0 Å². The SMILES string of the molecule is C=C/C(=C\C)C(C)NC(=O)C(O)C(CCC)NC. The molecule has 0 spiro atoms. The molecule has 0 aliphatic carbocycles. The van der Waals surface area contributed by atoms with Crippen LogP contribution >= 0.6 is 0 Å². The Bertz CT molecular complexity index is 300. The van der Waals surface area contributed by atoms with Crippen LogP contribution in [0.15, 0.2) is 24.3 Å². The standard InChI is InChI=1S/C14H26N2O2/c1-6-9-12(15-5)13(17)14(18)16-10(4)11(7-2)8-3/h7-8,10,12-13,15,17H,2,6,9H2,1,3-5H3,(H,16,18)/b11-8+. The predicted molar refractivity (Wildman–Crippen MR) is 75.3 cm³/mol. The summed E-state index contributed by atoms with van der Waals surface area (Å²) in [6, 6.07) is -0.353. The van der Waals surface area contributed by atoms with Crippen LogP contribution < -0.4 is 10.6 Å². The fourth-order valence-corrected chi connectivity index (χ4v) is 1.88. The van der Waals surface area contributed by atoms with Gasteiger partial charge in [0.25, 0.3) is 5.91 Å². The van der Waals surface area contributed by atoms with Gasteiger partial charge in [0.1, 0.15) is 6.10 Å². The third-order valence-corrected chi connectivity index (χ3v) is 3.05. The number of rotatable bonds is 8. The van der Waals surface area contributed by atoms with Crippen LogP contribution in [-0.2, 0) is 4.79 Å². The van der Waals surface area contributed by atoms with E-state index in [0.717, 1.165) is 18.4 Å². The van der Waals surface area contributed by atoms with Gasteiger partial charge in [0, 0.05) is 6.04 Å². The maximum absolute atomic E-state index is 11.9. The molecule has 3 N–H and O–H groups in total. The molecule has 0 bridgehead atoms. The van der Waals surface area contributed by atoms with Crippen molar-refractivity contribution in [1.82, 2.24) is 10.6 Å². The van der Waals surface area contributed by atoms with Gasteiger partial charge in [0.2, 0.25) is 0 Å². The maximum Gasteiger partial charge on any atom is 0.250 e. The number of aliphatic hydroxyl groups excluding tert-OH is 1. The highest BCUT2D eigenvalue weighted by Gasteiger charge is 2.25.